The van der Waals surface area contributed by atoms with Crippen LogP contribution in [0.2, 0.25) is 0 Å². The van der Waals surface area contributed by atoms with E-state index in [9.17, 15) is 4.79 Å². The predicted octanol–water partition coefficient (Wildman–Crippen LogP) is 2.48. The molecule has 3 nitrogen and oxygen atoms in total. The number of rotatable bonds is 4. The lowest BCUT2D eigenvalue weighted by atomic mass is 9.88. The van der Waals surface area contributed by atoms with Crippen molar-refractivity contribution >= 4 is 5.97 Å². The van der Waals surface area contributed by atoms with Crippen LogP contribution >= 0.6 is 0 Å². The molecule has 1 fully saturated rings. The van der Waals surface area contributed by atoms with Gasteiger partial charge in [0.1, 0.15) is 12.1 Å². The first kappa shape index (κ1) is 13.5. The Hall–Kier alpha value is -0.570. The Bertz CT molecular complexity index is 230. The van der Waals surface area contributed by atoms with Crippen molar-refractivity contribution in [2.24, 2.45) is 17.6 Å². The molecule has 0 amide bonds. The molecule has 2 unspecified atom stereocenters. The summed E-state index contributed by atoms with van der Waals surface area (Å²) < 4.78 is 5.52. The highest BCUT2D eigenvalue weighted by Crippen LogP contribution is 2.26. The van der Waals surface area contributed by atoms with Gasteiger partial charge >= 0.3 is 5.97 Å². The van der Waals surface area contributed by atoms with Crippen LogP contribution in [0.4, 0.5) is 0 Å². The van der Waals surface area contributed by atoms with Gasteiger partial charge in [0.25, 0.3) is 0 Å². The Balaban J connectivity index is 2.43. The van der Waals surface area contributed by atoms with E-state index in [2.05, 4.69) is 6.92 Å². The minimum absolute atomic E-state index is 0.0938. The Morgan fingerprint density at radius 3 is 2.62 bits per heavy atom. The SMILES string of the molecule is CC[C@H](C)[C@H](N)C(=O)OC1CCCCC1C. The molecule has 0 saturated heterocycles. The number of carbonyl (C=O) groups is 1. The van der Waals surface area contributed by atoms with Crippen LogP contribution in [0.5, 0.6) is 0 Å². The van der Waals surface area contributed by atoms with Crippen molar-refractivity contribution in [3.05, 3.63) is 0 Å². The summed E-state index contributed by atoms with van der Waals surface area (Å²) >= 11 is 0. The second-order valence-electron chi connectivity index (χ2n) is 5.15. The fourth-order valence-electron chi connectivity index (χ4n) is 2.17. The third-order valence-corrected chi connectivity index (χ3v) is 3.83. The Kier molecular flexibility index (Phi) is 5.26. The highest BCUT2D eigenvalue weighted by Gasteiger charge is 2.28. The van der Waals surface area contributed by atoms with Gasteiger partial charge in [-0.25, -0.2) is 0 Å². The third kappa shape index (κ3) is 3.48. The maximum atomic E-state index is 11.8. The molecule has 1 aliphatic rings. The molecule has 94 valence electrons. The predicted molar refractivity (Wildman–Crippen MR) is 64.9 cm³/mol. The van der Waals surface area contributed by atoms with Gasteiger partial charge in [0.2, 0.25) is 0 Å². The summed E-state index contributed by atoms with van der Waals surface area (Å²) in [6, 6.07) is -0.459. The van der Waals surface area contributed by atoms with Crippen molar-refractivity contribution in [1.82, 2.24) is 0 Å². The van der Waals surface area contributed by atoms with Crippen LogP contribution in [0, 0.1) is 11.8 Å². The fraction of sp³-hybridized carbons (Fsp3) is 0.923. The molecule has 1 aliphatic carbocycles. The molecule has 1 saturated carbocycles. The topological polar surface area (TPSA) is 52.3 Å². The van der Waals surface area contributed by atoms with E-state index in [0.29, 0.717) is 5.92 Å². The first-order chi connectivity index (χ1) is 7.56. The summed E-state index contributed by atoms with van der Waals surface area (Å²) in [7, 11) is 0. The van der Waals surface area contributed by atoms with Crippen LogP contribution in [0.25, 0.3) is 0 Å². The highest BCUT2D eigenvalue weighted by atomic mass is 16.5. The van der Waals surface area contributed by atoms with Gasteiger partial charge in [0.05, 0.1) is 0 Å². The molecular formula is C13H25NO2. The van der Waals surface area contributed by atoms with E-state index < -0.39 is 6.04 Å². The van der Waals surface area contributed by atoms with Crippen molar-refractivity contribution in [3.8, 4) is 0 Å². The fourth-order valence-corrected chi connectivity index (χ4v) is 2.17. The molecule has 3 heteroatoms. The van der Waals surface area contributed by atoms with E-state index in [1.54, 1.807) is 0 Å². The Morgan fingerprint density at radius 1 is 1.44 bits per heavy atom. The van der Waals surface area contributed by atoms with Crippen molar-refractivity contribution < 1.29 is 9.53 Å². The molecule has 1 rings (SSSR count). The summed E-state index contributed by atoms with van der Waals surface area (Å²) in [6.45, 7) is 6.20. The van der Waals surface area contributed by atoms with Gasteiger partial charge < -0.3 is 10.5 Å². The molecule has 0 aliphatic heterocycles. The molecule has 2 N–H and O–H groups in total. The first-order valence-electron chi connectivity index (χ1n) is 6.52. The number of esters is 1. The van der Waals surface area contributed by atoms with Crippen LogP contribution in [0.1, 0.15) is 52.9 Å². The number of nitrogens with two attached hydrogens (primary N) is 1. The largest absolute Gasteiger partial charge is 0.461 e. The Labute approximate surface area is 98.7 Å². The zero-order chi connectivity index (χ0) is 12.1. The van der Waals surface area contributed by atoms with E-state index in [0.717, 1.165) is 19.3 Å². The first-order valence-corrected chi connectivity index (χ1v) is 6.52. The van der Waals surface area contributed by atoms with Gasteiger partial charge in [-0.1, -0.05) is 33.6 Å². The van der Waals surface area contributed by atoms with Gasteiger partial charge in [0, 0.05) is 0 Å². The number of hydrogen-bond donors (Lipinski definition) is 1. The van der Waals surface area contributed by atoms with Crippen molar-refractivity contribution in [1.29, 1.82) is 0 Å². The van der Waals surface area contributed by atoms with E-state index in [-0.39, 0.29) is 18.0 Å². The van der Waals surface area contributed by atoms with E-state index in [1.165, 1.54) is 12.8 Å². The minimum Gasteiger partial charge on any atom is -0.461 e. The zero-order valence-corrected chi connectivity index (χ0v) is 10.7. The molecule has 0 heterocycles. The molecule has 0 spiro atoms. The maximum absolute atomic E-state index is 11.8. The molecule has 0 bridgehead atoms. The lowest BCUT2D eigenvalue weighted by molar-refractivity contribution is -0.156. The maximum Gasteiger partial charge on any atom is 0.323 e. The molecular weight excluding hydrogens is 202 g/mol. The lowest BCUT2D eigenvalue weighted by Crippen LogP contribution is -2.41. The van der Waals surface area contributed by atoms with Gasteiger partial charge in [-0.3, -0.25) is 4.79 Å². The molecule has 0 aromatic carbocycles. The molecule has 16 heavy (non-hydrogen) atoms. The lowest BCUT2D eigenvalue weighted by Gasteiger charge is -2.30. The standard InChI is InChI=1S/C13H25NO2/c1-4-9(2)12(14)13(15)16-11-8-6-5-7-10(11)3/h9-12H,4-8,14H2,1-3H3/t9-,10?,11?,12-/m0/s1. The zero-order valence-electron chi connectivity index (χ0n) is 10.7. The summed E-state index contributed by atoms with van der Waals surface area (Å²) in [5.41, 5.74) is 5.86. The van der Waals surface area contributed by atoms with Crippen LogP contribution in [0.3, 0.4) is 0 Å². The Morgan fingerprint density at radius 2 is 2.06 bits per heavy atom. The summed E-state index contributed by atoms with van der Waals surface area (Å²) in [5.74, 6) is 0.473. The normalized spacial score (nSPS) is 29.5. The molecule has 0 aromatic rings. The molecule has 4 atom stereocenters. The summed E-state index contributed by atoms with van der Waals surface area (Å²) in [4.78, 5) is 11.8. The highest BCUT2D eigenvalue weighted by molar-refractivity contribution is 5.76. The summed E-state index contributed by atoms with van der Waals surface area (Å²) in [5, 5.41) is 0. The van der Waals surface area contributed by atoms with Crippen molar-refractivity contribution in [2.45, 2.75) is 65.0 Å². The average Bonchev–Trinajstić information content (AvgIpc) is 2.30. The quantitative estimate of drug-likeness (QED) is 0.751. The van der Waals surface area contributed by atoms with Crippen molar-refractivity contribution in [3.63, 3.8) is 0 Å². The van der Waals surface area contributed by atoms with E-state index in [1.807, 2.05) is 13.8 Å². The summed E-state index contributed by atoms with van der Waals surface area (Å²) in [6.07, 6.45) is 5.59. The van der Waals surface area contributed by atoms with Crippen LogP contribution in [0.15, 0.2) is 0 Å². The van der Waals surface area contributed by atoms with E-state index in [4.69, 9.17) is 10.5 Å². The van der Waals surface area contributed by atoms with Gasteiger partial charge in [-0.05, 0) is 31.1 Å². The third-order valence-electron chi connectivity index (χ3n) is 3.83. The monoisotopic (exact) mass is 227 g/mol. The minimum atomic E-state index is -0.459. The second-order valence-corrected chi connectivity index (χ2v) is 5.15. The molecule has 0 aromatic heterocycles. The van der Waals surface area contributed by atoms with Crippen LogP contribution in [-0.2, 0) is 9.53 Å². The van der Waals surface area contributed by atoms with Crippen molar-refractivity contribution in [2.75, 3.05) is 0 Å². The van der Waals surface area contributed by atoms with Crippen LogP contribution in [-0.4, -0.2) is 18.1 Å². The second kappa shape index (κ2) is 6.24. The smallest absolute Gasteiger partial charge is 0.323 e. The van der Waals surface area contributed by atoms with E-state index >= 15 is 0 Å². The number of ether oxygens (including phenoxy) is 1. The van der Waals surface area contributed by atoms with Crippen LogP contribution < -0.4 is 5.73 Å². The van der Waals surface area contributed by atoms with Gasteiger partial charge in [-0.2, -0.15) is 0 Å². The average molecular weight is 227 g/mol. The van der Waals surface area contributed by atoms with Gasteiger partial charge in [0.15, 0.2) is 0 Å². The number of hydrogen-bond acceptors (Lipinski definition) is 3. The number of carbonyl (C=O) groups excluding carboxylic acids is 1. The molecule has 0 radical (unpaired) electrons. The van der Waals surface area contributed by atoms with Gasteiger partial charge in [-0.15, -0.1) is 0 Å².